The molecule has 18 heavy (non-hydrogen) atoms. The maximum Gasteiger partial charge on any atom is 0.142 e. The smallest absolute Gasteiger partial charge is 0.142 e. The summed E-state index contributed by atoms with van der Waals surface area (Å²) >= 11 is 3.45. The maximum absolute atomic E-state index is 4.58. The van der Waals surface area contributed by atoms with Crippen molar-refractivity contribution >= 4 is 15.9 Å². The van der Waals surface area contributed by atoms with Crippen LogP contribution in [-0.2, 0) is 19.3 Å². The van der Waals surface area contributed by atoms with Crippen LogP contribution in [0.2, 0.25) is 0 Å². The van der Waals surface area contributed by atoms with E-state index in [-0.39, 0.29) is 0 Å². The number of hydrogen-bond acceptors (Lipinski definition) is 3. The lowest BCUT2D eigenvalue weighted by molar-refractivity contribution is 0.653. The van der Waals surface area contributed by atoms with Gasteiger partial charge in [-0.3, -0.25) is 4.57 Å². The van der Waals surface area contributed by atoms with Gasteiger partial charge < -0.3 is 0 Å². The van der Waals surface area contributed by atoms with Gasteiger partial charge in [-0.25, -0.2) is 15.0 Å². The SMILES string of the molecule is CCc1nc(Br)cc(-n2cnc3c2CCCC3)n1. The minimum atomic E-state index is 0.836. The van der Waals surface area contributed by atoms with Crippen molar-refractivity contribution in [3.63, 3.8) is 0 Å². The molecule has 2 aromatic rings. The Balaban J connectivity index is 2.09. The quantitative estimate of drug-likeness (QED) is 0.801. The largest absolute Gasteiger partial charge is 0.287 e. The van der Waals surface area contributed by atoms with E-state index in [1.54, 1.807) is 0 Å². The molecule has 0 saturated carbocycles. The molecule has 0 saturated heterocycles. The molecule has 1 aliphatic rings. The molecular weight excluding hydrogens is 292 g/mol. The van der Waals surface area contributed by atoms with Crippen LogP contribution in [0.4, 0.5) is 0 Å². The molecule has 0 unspecified atom stereocenters. The first-order valence-electron chi connectivity index (χ1n) is 6.37. The van der Waals surface area contributed by atoms with Gasteiger partial charge in [0.2, 0.25) is 0 Å². The lowest BCUT2D eigenvalue weighted by Gasteiger charge is -2.13. The molecule has 3 rings (SSSR count). The monoisotopic (exact) mass is 306 g/mol. The molecule has 0 N–H and O–H groups in total. The Kier molecular flexibility index (Phi) is 3.16. The van der Waals surface area contributed by atoms with Gasteiger partial charge in [0, 0.05) is 18.2 Å². The zero-order valence-electron chi connectivity index (χ0n) is 10.4. The van der Waals surface area contributed by atoms with Gasteiger partial charge in [0.15, 0.2) is 0 Å². The molecule has 4 nitrogen and oxygen atoms in total. The van der Waals surface area contributed by atoms with Crippen LogP contribution in [0.15, 0.2) is 17.0 Å². The van der Waals surface area contributed by atoms with Crippen LogP contribution in [0.5, 0.6) is 0 Å². The van der Waals surface area contributed by atoms with Crippen molar-refractivity contribution < 1.29 is 0 Å². The Morgan fingerprint density at radius 3 is 2.94 bits per heavy atom. The Morgan fingerprint density at radius 1 is 1.28 bits per heavy atom. The highest BCUT2D eigenvalue weighted by Crippen LogP contribution is 2.23. The summed E-state index contributed by atoms with van der Waals surface area (Å²) in [5.74, 6) is 1.78. The average Bonchev–Trinajstić information content (AvgIpc) is 2.81. The molecule has 0 atom stereocenters. The molecule has 0 amide bonds. The number of halogens is 1. The van der Waals surface area contributed by atoms with Gasteiger partial charge in [-0.15, -0.1) is 0 Å². The summed E-state index contributed by atoms with van der Waals surface area (Å²) in [4.78, 5) is 13.4. The van der Waals surface area contributed by atoms with E-state index in [1.165, 1.54) is 24.2 Å². The number of hydrogen-bond donors (Lipinski definition) is 0. The molecule has 2 aromatic heterocycles. The minimum Gasteiger partial charge on any atom is -0.287 e. The predicted molar refractivity (Wildman–Crippen MR) is 72.9 cm³/mol. The molecule has 0 fully saturated rings. The molecule has 0 bridgehead atoms. The first kappa shape index (κ1) is 11.8. The van der Waals surface area contributed by atoms with Crippen LogP contribution in [0, 0.1) is 0 Å². The Hall–Kier alpha value is -1.23. The summed E-state index contributed by atoms with van der Waals surface area (Å²) in [7, 11) is 0. The molecule has 5 heteroatoms. The zero-order chi connectivity index (χ0) is 12.5. The molecule has 0 aromatic carbocycles. The summed E-state index contributed by atoms with van der Waals surface area (Å²) in [6, 6.07) is 1.95. The Morgan fingerprint density at radius 2 is 2.11 bits per heavy atom. The predicted octanol–water partition coefficient (Wildman–Crippen LogP) is 2.87. The second kappa shape index (κ2) is 4.80. The van der Waals surface area contributed by atoms with Gasteiger partial charge in [0.1, 0.15) is 22.6 Å². The first-order chi connectivity index (χ1) is 8.78. The molecule has 2 heterocycles. The van der Waals surface area contributed by atoms with Crippen molar-refractivity contribution in [3.05, 3.63) is 34.2 Å². The minimum absolute atomic E-state index is 0.836. The lowest BCUT2D eigenvalue weighted by atomic mass is 10.0. The molecular formula is C13H15BrN4. The van der Waals surface area contributed by atoms with Crippen molar-refractivity contribution in [2.75, 3.05) is 0 Å². The Labute approximate surface area is 115 Å². The second-order valence-electron chi connectivity index (χ2n) is 4.53. The van der Waals surface area contributed by atoms with Crippen molar-refractivity contribution in [1.29, 1.82) is 0 Å². The van der Waals surface area contributed by atoms with Crippen molar-refractivity contribution in [1.82, 2.24) is 19.5 Å². The van der Waals surface area contributed by atoms with Crippen LogP contribution in [0.25, 0.3) is 5.82 Å². The van der Waals surface area contributed by atoms with Crippen LogP contribution in [0.1, 0.15) is 37.0 Å². The van der Waals surface area contributed by atoms with E-state index in [0.717, 1.165) is 35.5 Å². The standard InChI is InChI=1S/C13H15BrN4/c1-2-12-16-11(14)7-13(17-12)18-8-15-9-5-3-4-6-10(9)18/h7-8H,2-6H2,1H3. The van der Waals surface area contributed by atoms with E-state index in [1.807, 2.05) is 12.4 Å². The molecule has 1 aliphatic carbocycles. The summed E-state index contributed by atoms with van der Waals surface area (Å²) in [5, 5.41) is 0. The fourth-order valence-corrected chi connectivity index (χ4v) is 2.81. The van der Waals surface area contributed by atoms with E-state index in [2.05, 4.69) is 42.4 Å². The maximum atomic E-state index is 4.58. The van der Waals surface area contributed by atoms with Crippen LogP contribution in [-0.4, -0.2) is 19.5 Å². The molecule has 0 spiro atoms. The third kappa shape index (κ3) is 2.07. The van der Waals surface area contributed by atoms with Crippen LogP contribution in [0.3, 0.4) is 0 Å². The third-order valence-electron chi connectivity index (χ3n) is 3.32. The van der Waals surface area contributed by atoms with Crippen LogP contribution < -0.4 is 0 Å². The van der Waals surface area contributed by atoms with Gasteiger partial charge in [-0.2, -0.15) is 0 Å². The topological polar surface area (TPSA) is 43.6 Å². The highest BCUT2D eigenvalue weighted by atomic mass is 79.9. The fraction of sp³-hybridized carbons (Fsp3) is 0.462. The van der Waals surface area contributed by atoms with Gasteiger partial charge in [-0.05, 0) is 41.6 Å². The second-order valence-corrected chi connectivity index (χ2v) is 5.35. The number of rotatable bonds is 2. The number of nitrogens with zero attached hydrogens (tertiary/aromatic N) is 4. The van der Waals surface area contributed by atoms with E-state index >= 15 is 0 Å². The van der Waals surface area contributed by atoms with Gasteiger partial charge in [-0.1, -0.05) is 6.92 Å². The zero-order valence-corrected chi connectivity index (χ0v) is 11.9. The van der Waals surface area contributed by atoms with E-state index in [4.69, 9.17) is 0 Å². The molecule has 0 aliphatic heterocycles. The molecule has 0 radical (unpaired) electrons. The van der Waals surface area contributed by atoms with E-state index in [9.17, 15) is 0 Å². The number of imidazole rings is 1. The van der Waals surface area contributed by atoms with Crippen molar-refractivity contribution in [3.8, 4) is 5.82 Å². The van der Waals surface area contributed by atoms with E-state index < -0.39 is 0 Å². The summed E-state index contributed by atoms with van der Waals surface area (Å²) in [6.07, 6.45) is 7.41. The Bertz CT molecular complexity index is 576. The first-order valence-corrected chi connectivity index (χ1v) is 7.16. The summed E-state index contributed by atoms with van der Waals surface area (Å²) < 4.78 is 2.95. The van der Waals surface area contributed by atoms with E-state index in [0.29, 0.717) is 0 Å². The highest BCUT2D eigenvalue weighted by molar-refractivity contribution is 9.10. The normalized spacial score (nSPS) is 14.6. The number of aryl methyl sites for hydroxylation is 2. The fourth-order valence-electron chi connectivity index (χ4n) is 2.40. The van der Waals surface area contributed by atoms with Gasteiger partial charge >= 0.3 is 0 Å². The molecule has 94 valence electrons. The number of fused-ring (bicyclic) bond motifs is 1. The van der Waals surface area contributed by atoms with Gasteiger partial charge in [0.05, 0.1) is 5.69 Å². The third-order valence-corrected chi connectivity index (χ3v) is 3.73. The van der Waals surface area contributed by atoms with Crippen molar-refractivity contribution in [2.45, 2.75) is 39.0 Å². The lowest BCUT2D eigenvalue weighted by Crippen LogP contribution is -2.09. The van der Waals surface area contributed by atoms with Gasteiger partial charge in [0.25, 0.3) is 0 Å². The average molecular weight is 307 g/mol. The van der Waals surface area contributed by atoms with Crippen LogP contribution >= 0.6 is 15.9 Å². The highest BCUT2D eigenvalue weighted by Gasteiger charge is 2.17. The number of aromatic nitrogens is 4. The summed E-state index contributed by atoms with van der Waals surface area (Å²) in [6.45, 7) is 2.06. The summed E-state index contributed by atoms with van der Waals surface area (Å²) in [5.41, 5.74) is 2.54. The van der Waals surface area contributed by atoms with Crippen molar-refractivity contribution in [2.24, 2.45) is 0 Å².